The van der Waals surface area contributed by atoms with E-state index in [1.807, 2.05) is 24.3 Å². The first-order valence-corrected chi connectivity index (χ1v) is 11.2. The van der Waals surface area contributed by atoms with Gasteiger partial charge in [0.1, 0.15) is 17.0 Å². The quantitative estimate of drug-likeness (QED) is 0.448. The van der Waals surface area contributed by atoms with Gasteiger partial charge >= 0.3 is 5.76 Å². The average molecular weight is 499 g/mol. The van der Waals surface area contributed by atoms with Crippen LogP contribution in [0.4, 0.5) is 9.52 Å². The van der Waals surface area contributed by atoms with Gasteiger partial charge in [0.15, 0.2) is 5.58 Å². The van der Waals surface area contributed by atoms with Crippen LogP contribution in [0, 0.1) is 5.82 Å². The van der Waals surface area contributed by atoms with E-state index < -0.39 is 32.5 Å². The Kier molecular flexibility index (Phi) is 5.00. The molecule has 2 aromatic heterocycles. The smallest absolute Gasteiger partial charge is 0.408 e. The van der Waals surface area contributed by atoms with Crippen molar-refractivity contribution in [3.05, 3.63) is 69.1 Å². The van der Waals surface area contributed by atoms with E-state index in [1.165, 1.54) is 10.9 Å². The second-order valence-electron chi connectivity index (χ2n) is 6.07. The van der Waals surface area contributed by atoms with E-state index >= 15 is 0 Å². The first kappa shape index (κ1) is 19.7. The summed E-state index contributed by atoms with van der Waals surface area (Å²) in [5.74, 6) is -1.75. The molecule has 29 heavy (non-hydrogen) atoms. The zero-order valence-corrected chi connectivity index (χ0v) is 17.9. The van der Waals surface area contributed by atoms with Crippen molar-refractivity contribution in [2.24, 2.45) is 0 Å². The fourth-order valence-corrected chi connectivity index (χ4v) is 5.07. The minimum Gasteiger partial charge on any atom is -0.408 e. The number of rotatable bonds is 5. The van der Waals surface area contributed by atoms with Crippen LogP contribution in [-0.4, -0.2) is 22.3 Å². The van der Waals surface area contributed by atoms with Crippen LogP contribution in [-0.2, 0) is 10.0 Å². The number of hydrogen-bond acceptors (Lipinski definition) is 7. The molecule has 0 amide bonds. The molecule has 4 aromatic rings. The summed E-state index contributed by atoms with van der Waals surface area (Å²) in [5.41, 5.74) is 0.893. The maximum absolute atomic E-state index is 14.7. The van der Waals surface area contributed by atoms with Gasteiger partial charge in [0, 0.05) is 28.1 Å². The van der Waals surface area contributed by atoms with E-state index in [4.69, 9.17) is 4.42 Å². The maximum Gasteiger partial charge on any atom is 0.420 e. The zero-order valence-electron chi connectivity index (χ0n) is 14.7. The largest absolute Gasteiger partial charge is 0.420 e. The van der Waals surface area contributed by atoms with Crippen LogP contribution in [0.1, 0.15) is 18.5 Å². The van der Waals surface area contributed by atoms with E-state index in [2.05, 4.69) is 30.0 Å². The van der Waals surface area contributed by atoms with Crippen molar-refractivity contribution >= 4 is 53.7 Å². The molecule has 8 nitrogen and oxygen atoms in total. The number of halogens is 2. The van der Waals surface area contributed by atoms with Crippen molar-refractivity contribution < 1.29 is 17.2 Å². The number of aromatic nitrogens is 3. The van der Waals surface area contributed by atoms with Gasteiger partial charge in [0.05, 0.1) is 11.6 Å². The number of fused-ring (bicyclic) bond motifs is 1. The Hall–Kier alpha value is -2.57. The number of hydrogen-bond donors (Lipinski definition) is 1. The van der Waals surface area contributed by atoms with Gasteiger partial charge in [-0.15, -0.1) is 0 Å². The predicted octanol–water partition coefficient (Wildman–Crippen LogP) is 3.76. The Morgan fingerprint density at radius 1 is 1.31 bits per heavy atom. The monoisotopic (exact) mass is 498 g/mol. The number of sulfonamides is 1. The lowest BCUT2D eigenvalue weighted by atomic mass is 10.1. The summed E-state index contributed by atoms with van der Waals surface area (Å²) in [7, 11) is -4.28. The Bertz CT molecular complexity index is 1370. The lowest BCUT2D eigenvalue weighted by Crippen LogP contribution is -2.19. The summed E-state index contributed by atoms with van der Waals surface area (Å²) >= 11 is 4.18. The van der Waals surface area contributed by atoms with Crippen molar-refractivity contribution in [1.82, 2.24) is 13.9 Å². The third kappa shape index (κ3) is 3.70. The van der Waals surface area contributed by atoms with E-state index in [9.17, 15) is 17.6 Å². The fraction of sp³-hybridized carbons (Fsp3) is 0.118. The predicted molar refractivity (Wildman–Crippen MR) is 109 cm³/mol. The summed E-state index contributed by atoms with van der Waals surface area (Å²) in [6.45, 7) is 1.76. The Balaban J connectivity index is 1.82. The highest BCUT2D eigenvalue weighted by atomic mass is 79.9. The van der Waals surface area contributed by atoms with Crippen molar-refractivity contribution in [1.29, 1.82) is 0 Å². The van der Waals surface area contributed by atoms with E-state index in [0.29, 0.717) is 0 Å². The van der Waals surface area contributed by atoms with Gasteiger partial charge in [-0.25, -0.2) is 22.6 Å². The molecule has 0 spiro atoms. The molecule has 0 unspecified atom stereocenters. The van der Waals surface area contributed by atoms with Gasteiger partial charge in [-0.3, -0.25) is 9.29 Å². The Labute approximate surface area is 176 Å². The molecule has 150 valence electrons. The van der Waals surface area contributed by atoms with Gasteiger partial charge in [0.25, 0.3) is 10.0 Å². The lowest BCUT2D eigenvalue weighted by Gasteiger charge is -2.14. The summed E-state index contributed by atoms with van der Waals surface area (Å²) in [6, 6.07) is 8.80. The third-order valence-corrected chi connectivity index (χ3v) is 6.81. The molecule has 0 aliphatic heterocycles. The fourth-order valence-electron chi connectivity index (χ4n) is 2.91. The normalized spacial score (nSPS) is 12.9. The van der Waals surface area contributed by atoms with Crippen molar-refractivity contribution in [3.8, 4) is 0 Å². The second kappa shape index (κ2) is 7.35. The van der Waals surface area contributed by atoms with Crippen molar-refractivity contribution in [3.63, 3.8) is 0 Å². The van der Waals surface area contributed by atoms with Gasteiger partial charge in [-0.2, -0.15) is 4.37 Å². The van der Waals surface area contributed by atoms with Crippen LogP contribution in [0.25, 0.3) is 11.1 Å². The molecule has 12 heteroatoms. The molecular weight excluding hydrogens is 487 g/mol. The molecule has 0 radical (unpaired) electrons. The minimum absolute atomic E-state index is 0.00760. The molecule has 0 aliphatic carbocycles. The van der Waals surface area contributed by atoms with E-state index in [1.54, 1.807) is 6.92 Å². The zero-order chi connectivity index (χ0) is 20.8. The van der Waals surface area contributed by atoms with Crippen LogP contribution < -0.4 is 10.5 Å². The van der Waals surface area contributed by atoms with Gasteiger partial charge in [0.2, 0.25) is 5.13 Å². The number of benzene rings is 2. The van der Waals surface area contributed by atoms with Crippen LogP contribution in [0.5, 0.6) is 0 Å². The lowest BCUT2D eigenvalue weighted by molar-refractivity contribution is 0.489. The molecule has 0 saturated carbocycles. The second-order valence-corrected chi connectivity index (χ2v) is 9.42. The third-order valence-electron chi connectivity index (χ3n) is 4.26. The SMILES string of the molecule is C[C@H](c1cccc(Br)c1)n1c(=O)oc2cc(S(=O)(=O)Nc3ncns3)c(F)cc21. The van der Waals surface area contributed by atoms with Crippen LogP contribution in [0.2, 0.25) is 0 Å². The van der Waals surface area contributed by atoms with Crippen LogP contribution >= 0.6 is 27.5 Å². The topological polar surface area (TPSA) is 107 Å². The standard InChI is InChI=1S/C17H12BrFN4O4S2/c1-9(10-3-2-4-11(18)5-10)23-13-6-12(19)15(7-14(13)27-17(23)24)29(25,26)22-16-20-8-21-28-16/h2-9H,1H3,(H,20,21,22)/t9-/m1/s1. The van der Waals surface area contributed by atoms with Crippen LogP contribution in [0.3, 0.4) is 0 Å². The highest BCUT2D eigenvalue weighted by molar-refractivity contribution is 9.10. The molecular formula is C17H12BrFN4O4S2. The molecule has 4 rings (SSSR count). The minimum atomic E-state index is -4.28. The maximum atomic E-state index is 14.7. The summed E-state index contributed by atoms with van der Waals surface area (Å²) in [6.07, 6.45) is 1.17. The van der Waals surface area contributed by atoms with Crippen molar-refractivity contribution in [2.45, 2.75) is 17.9 Å². The molecule has 1 N–H and O–H groups in total. The van der Waals surface area contributed by atoms with Gasteiger partial charge in [-0.1, -0.05) is 28.1 Å². The van der Waals surface area contributed by atoms with Gasteiger partial charge in [-0.05, 0) is 24.6 Å². The Morgan fingerprint density at radius 3 is 2.79 bits per heavy atom. The summed E-state index contributed by atoms with van der Waals surface area (Å²) in [5, 5.41) is -0.00760. The molecule has 0 bridgehead atoms. The number of nitrogens with one attached hydrogen (secondary N) is 1. The molecule has 1 atom stereocenters. The molecule has 0 aliphatic rings. The number of nitrogens with zero attached hydrogens (tertiary/aromatic N) is 3. The first-order chi connectivity index (χ1) is 13.8. The van der Waals surface area contributed by atoms with Crippen LogP contribution in [0.15, 0.2) is 61.3 Å². The first-order valence-electron chi connectivity index (χ1n) is 8.16. The molecule has 2 aromatic carbocycles. The summed E-state index contributed by atoms with van der Waals surface area (Å²) in [4.78, 5) is 15.5. The molecule has 2 heterocycles. The highest BCUT2D eigenvalue weighted by Crippen LogP contribution is 2.28. The number of anilines is 1. The van der Waals surface area contributed by atoms with E-state index in [-0.39, 0.29) is 16.2 Å². The van der Waals surface area contributed by atoms with E-state index in [0.717, 1.165) is 33.7 Å². The number of oxazole rings is 1. The summed E-state index contributed by atoms with van der Waals surface area (Å²) < 4.78 is 52.9. The highest BCUT2D eigenvalue weighted by Gasteiger charge is 2.25. The Morgan fingerprint density at radius 2 is 2.10 bits per heavy atom. The average Bonchev–Trinajstić information content (AvgIpc) is 3.26. The molecule has 0 fully saturated rings. The van der Waals surface area contributed by atoms with Gasteiger partial charge < -0.3 is 4.42 Å². The molecule has 0 saturated heterocycles. The van der Waals surface area contributed by atoms with Crippen molar-refractivity contribution in [2.75, 3.05) is 4.72 Å².